The molecule has 1 rings (SSSR count). The van der Waals surface area contributed by atoms with Gasteiger partial charge < -0.3 is 4.79 Å². The maximum atomic E-state index is 12.0. The second-order valence-corrected chi connectivity index (χ2v) is 2.42. The van der Waals surface area contributed by atoms with Crippen LogP contribution in [0.4, 0.5) is 13.2 Å². The van der Waals surface area contributed by atoms with Gasteiger partial charge in [0, 0.05) is 19.2 Å². The molecule has 1 aromatic rings. The van der Waals surface area contributed by atoms with Crippen molar-refractivity contribution in [2.45, 2.75) is 19.1 Å². The van der Waals surface area contributed by atoms with Crippen LogP contribution in [-0.2, 0) is 17.5 Å². The first kappa shape index (κ1) is 9.76. The Morgan fingerprint density at radius 1 is 1.54 bits per heavy atom. The van der Waals surface area contributed by atoms with Gasteiger partial charge in [-0.25, -0.2) is 0 Å². The molecule has 0 N–H and O–H groups in total. The molecule has 0 aliphatic heterocycles. The molecule has 1 aromatic heterocycles. The molecule has 0 atom stereocenters. The number of aromatic nitrogens is 2. The molecular weight excluding hydrogens is 185 g/mol. The minimum atomic E-state index is -4.41. The molecule has 0 spiro atoms. The number of carbonyl (C=O) groups excluding carboxylic acids is 1. The van der Waals surface area contributed by atoms with Crippen molar-refractivity contribution in [3.05, 3.63) is 18.0 Å². The highest BCUT2D eigenvalue weighted by Gasteiger charge is 2.33. The van der Waals surface area contributed by atoms with Crippen LogP contribution in [0.1, 0.15) is 12.1 Å². The van der Waals surface area contributed by atoms with Gasteiger partial charge in [0.2, 0.25) is 0 Å². The normalized spacial score (nSPS) is 11.6. The van der Waals surface area contributed by atoms with Gasteiger partial charge in [-0.05, 0) is 6.07 Å². The fourth-order valence-electron chi connectivity index (χ4n) is 0.822. The summed E-state index contributed by atoms with van der Waals surface area (Å²) in [6.45, 7) is 0.180. The van der Waals surface area contributed by atoms with E-state index in [9.17, 15) is 18.0 Å². The number of aldehydes is 1. The summed E-state index contributed by atoms with van der Waals surface area (Å²) < 4.78 is 37.0. The first-order valence-corrected chi connectivity index (χ1v) is 3.58. The Bertz CT molecular complexity index is 292. The van der Waals surface area contributed by atoms with Crippen molar-refractivity contribution < 1.29 is 18.0 Å². The van der Waals surface area contributed by atoms with Gasteiger partial charge in [-0.15, -0.1) is 0 Å². The van der Waals surface area contributed by atoms with Crippen LogP contribution < -0.4 is 0 Å². The molecule has 0 radical (unpaired) electrons. The number of halogens is 3. The van der Waals surface area contributed by atoms with Crippen molar-refractivity contribution in [1.29, 1.82) is 0 Å². The van der Waals surface area contributed by atoms with E-state index in [-0.39, 0.29) is 13.0 Å². The first-order valence-electron chi connectivity index (χ1n) is 3.58. The van der Waals surface area contributed by atoms with E-state index >= 15 is 0 Å². The Balaban J connectivity index is 2.69. The van der Waals surface area contributed by atoms with E-state index < -0.39 is 11.9 Å². The zero-order valence-electron chi connectivity index (χ0n) is 6.58. The summed E-state index contributed by atoms with van der Waals surface area (Å²) in [6.07, 6.45) is -2.41. The molecule has 0 aliphatic carbocycles. The summed E-state index contributed by atoms with van der Waals surface area (Å²) in [5, 5.41) is 3.25. The lowest BCUT2D eigenvalue weighted by Crippen LogP contribution is -2.08. The molecule has 0 unspecified atom stereocenters. The average molecular weight is 192 g/mol. The van der Waals surface area contributed by atoms with Crippen LogP contribution in [-0.4, -0.2) is 16.1 Å². The molecule has 0 aromatic carbocycles. The highest BCUT2D eigenvalue weighted by atomic mass is 19.4. The van der Waals surface area contributed by atoms with E-state index in [1.165, 1.54) is 6.20 Å². The molecule has 1 heterocycles. The third-order valence-corrected chi connectivity index (χ3v) is 1.41. The number of hydrogen-bond donors (Lipinski definition) is 0. The van der Waals surface area contributed by atoms with Crippen LogP contribution in [0.3, 0.4) is 0 Å². The van der Waals surface area contributed by atoms with Crippen molar-refractivity contribution in [2.75, 3.05) is 0 Å². The van der Waals surface area contributed by atoms with E-state index in [1.54, 1.807) is 0 Å². The SMILES string of the molecule is O=CCCn1ccc(C(F)(F)F)n1. The van der Waals surface area contributed by atoms with Gasteiger partial charge in [-0.2, -0.15) is 18.3 Å². The Hall–Kier alpha value is -1.33. The van der Waals surface area contributed by atoms with E-state index in [4.69, 9.17) is 0 Å². The van der Waals surface area contributed by atoms with Gasteiger partial charge in [-0.3, -0.25) is 4.68 Å². The molecule has 0 bridgehead atoms. The molecular formula is C7H7F3N2O. The molecule has 0 saturated heterocycles. The summed E-state index contributed by atoms with van der Waals surface area (Å²) in [6, 6.07) is 0.880. The smallest absolute Gasteiger partial charge is 0.303 e. The number of aryl methyl sites for hydroxylation is 1. The summed E-state index contributed by atoms with van der Waals surface area (Å²) in [4.78, 5) is 9.92. The van der Waals surface area contributed by atoms with Crippen LogP contribution in [0.2, 0.25) is 0 Å². The predicted octanol–water partition coefficient (Wildman–Crippen LogP) is 1.49. The lowest BCUT2D eigenvalue weighted by atomic mass is 10.4. The summed E-state index contributed by atoms with van der Waals surface area (Å²) in [5.41, 5.74) is -0.932. The molecule has 3 nitrogen and oxygen atoms in total. The molecule has 13 heavy (non-hydrogen) atoms. The Morgan fingerprint density at radius 2 is 2.23 bits per heavy atom. The van der Waals surface area contributed by atoms with E-state index in [2.05, 4.69) is 5.10 Å². The Labute approximate surface area is 72.2 Å². The second kappa shape index (κ2) is 3.59. The average Bonchev–Trinajstić information content (AvgIpc) is 2.47. The van der Waals surface area contributed by atoms with Gasteiger partial charge in [-0.1, -0.05) is 0 Å². The summed E-state index contributed by atoms with van der Waals surface area (Å²) in [7, 11) is 0. The lowest BCUT2D eigenvalue weighted by molar-refractivity contribution is -0.141. The van der Waals surface area contributed by atoms with Gasteiger partial charge in [0.1, 0.15) is 6.29 Å². The number of carbonyl (C=O) groups is 1. The number of alkyl halides is 3. The molecule has 0 amide bonds. The molecule has 72 valence electrons. The standard InChI is InChI=1S/C7H7F3N2O/c8-7(9,10)6-2-4-12(11-6)3-1-5-13/h2,4-5H,1,3H2. The maximum Gasteiger partial charge on any atom is 0.435 e. The predicted molar refractivity (Wildman–Crippen MR) is 37.9 cm³/mol. The first-order chi connectivity index (χ1) is 6.04. The summed E-state index contributed by atoms with van der Waals surface area (Å²) >= 11 is 0. The van der Waals surface area contributed by atoms with Crippen molar-refractivity contribution >= 4 is 6.29 Å². The minimum Gasteiger partial charge on any atom is -0.303 e. The third kappa shape index (κ3) is 2.57. The second-order valence-electron chi connectivity index (χ2n) is 2.42. The zero-order valence-corrected chi connectivity index (χ0v) is 6.58. The Morgan fingerprint density at radius 3 is 2.69 bits per heavy atom. The van der Waals surface area contributed by atoms with Crippen LogP contribution in [0, 0.1) is 0 Å². The number of nitrogens with zero attached hydrogens (tertiary/aromatic N) is 2. The minimum absolute atomic E-state index is 0.166. The fraction of sp³-hybridized carbons (Fsp3) is 0.429. The molecule has 0 aliphatic rings. The van der Waals surface area contributed by atoms with Crippen LogP contribution in [0.5, 0.6) is 0 Å². The summed E-state index contributed by atoms with van der Waals surface area (Å²) in [5.74, 6) is 0. The van der Waals surface area contributed by atoms with E-state index in [0.717, 1.165) is 10.7 Å². The lowest BCUT2D eigenvalue weighted by Gasteiger charge is -2.00. The molecule has 6 heteroatoms. The Kier molecular flexibility index (Phi) is 2.69. The van der Waals surface area contributed by atoms with Crippen molar-refractivity contribution in [3.63, 3.8) is 0 Å². The number of hydrogen-bond acceptors (Lipinski definition) is 2. The van der Waals surface area contributed by atoms with Gasteiger partial charge >= 0.3 is 6.18 Å². The quantitative estimate of drug-likeness (QED) is 0.680. The highest BCUT2D eigenvalue weighted by molar-refractivity contribution is 5.48. The maximum absolute atomic E-state index is 12.0. The van der Waals surface area contributed by atoms with Gasteiger partial charge in [0.05, 0.1) is 0 Å². The van der Waals surface area contributed by atoms with Crippen LogP contribution in [0.25, 0.3) is 0 Å². The highest BCUT2D eigenvalue weighted by Crippen LogP contribution is 2.27. The number of rotatable bonds is 3. The zero-order chi connectivity index (χ0) is 9.90. The van der Waals surface area contributed by atoms with Crippen molar-refractivity contribution in [3.8, 4) is 0 Å². The third-order valence-electron chi connectivity index (χ3n) is 1.41. The molecule has 0 saturated carbocycles. The van der Waals surface area contributed by atoms with E-state index in [1.807, 2.05) is 0 Å². The topological polar surface area (TPSA) is 34.9 Å². The van der Waals surface area contributed by atoms with Crippen molar-refractivity contribution in [1.82, 2.24) is 9.78 Å². The van der Waals surface area contributed by atoms with Crippen LogP contribution >= 0.6 is 0 Å². The van der Waals surface area contributed by atoms with Crippen molar-refractivity contribution in [2.24, 2.45) is 0 Å². The van der Waals surface area contributed by atoms with Crippen LogP contribution in [0.15, 0.2) is 12.3 Å². The molecule has 0 fully saturated rings. The van der Waals surface area contributed by atoms with Gasteiger partial charge in [0.25, 0.3) is 0 Å². The monoisotopic (exact) mass is 192 g/mol. The van der Waals surface area contributed by atoms with E-state index in [0.29, 0.717) is 6.29 Å². The largest absolute Gasteiger partial charge is 0.435 e. The fourth-order valence-corrected chi connectivity index (χ4v) is 0.822. The van der Waals surface area contributed by atoms with Gasteiger partial charge in [0.15, 0.2) is 5.69 Å².